The van der Waals surface area contributed by atoms with Gasteiger partial charge in [-0.3, -0.25) is 9.41 Å². The molecule has 0 radical (unpaired) electrons. The second-order valence-electron chi connectivity index (χ2n) is 3.64. The molecule has 0 aliphatic heterocycles. The van der Waals surface area contributed by atoms with E-state index in [-0.39, 0.29) is 9.41 Å². The minimum absolute atomic E-state index is 0. The largest absolute Gasteiger partial charge is 0.269 e. The van der Waals surface area contributed by atoms with Gasteiger partial charge in [0.2, 0.25) is 0 Å². The van der Waals surface area contributed by atoms with Crippen molar-refractivity contribution in [3.8, 4) is 0 Å². The number of halogens is 2. The van der Waals surface area contributed by atoms with Gasteiger partial charge in [0.15, 0.2) is 0 Å². The van der Waals surface area contributed by atoms with Gasteiger partial charge in [0.05, 0.1) is 0 Å². The molecule has 0 spiro atoms. The van der Waals surface area contributed by atoms with Crippen molar-refractivity contribution in [3.63, 3.8) is 0 Å². The molecule has 1 aromatic rings. The van der Waals surface area contributed by atoms with Crippen LogP contribution in [0.25, 0.3) is 6.08 Å². The van der Waals surface area contributed by atoms with Crippen molar-refractivity contribution in [1.82, 2.24) is 0 Å². The zero-order valence-corrected chi connectivity index (χ0v) is 11.2. The summed E-state index contributed by atoms with van der Waals surface area (Å²) in [5.41, 5.74) is 2.96. The molecule has 0 N–H and O–H groups in total. The van der Waals surface area contributed by atoms with Crippen LogP contribution in [0, 0.1) is 0 Å². The Labute approximate surface area is 104 Å². The van der Waals surface area contributed by atoms with Crippen LogP contribution in [0.4, 0.5) is 9.41 Å². The molecule has 0 aromatic heterocycles. The van der Waals surface area contributed by atoms with E-state index in [1.807, 2.05) is 0 Å². The van der Waals surface area contributed by atoms with Gasteiger partial charge < -0.3 is 0 Å². The van der Waals surface area contributed by atoms with Crippen molar-refractivity contribution < 1.29 is 34.1 Å². The molecule has 0 bridgehead atoms. The quantitative estimate of drug-likeness (QED) is 0.780. The van der Waals surface area contributed by atoms with Crippen molar-refractivity contribution in [1.29, 1.82) is 0 Å². The molecule has 1 aromatic carbocycles. The number of hydrogen-bond acceptors (Lipinski definition) is 0. The Hall–Kier alpha value is -0.297. The Morgan fingerprint density at radius 2 is 1.87 bits per heavy atom. The van der Waals surface area contributed by atoms with Gasteiger partial charge in [0.1, 0.15) is 0 Å². The fraction of sp³-hybridized carbons (Fsp3) is 0.333. The van der Waals surface area contributed by atoms with Gasteiger partial charge in [-0.2, -0.15) is 0 Å². The first kappa shape index (κ1) is 14.7. The van der Waals surface area contributed by atoms with Crippen molar-refractivity contribution in [3.05, 3.63) is 41.5 Å². The Morgan fingerprint density at radius 3 is 2.53 bits per heavy atom. The van der Waals surface area contributed by atoms with Crippen LogP contribution in [0.2, 0.25) is 0 Å². The van der Waals surface area contributed by atoms with Crippen LogP contribution < -0.4 is 0 Å². The summed E-state index contributed by atoms with van der Waals surface area (Å²) in [6.07, 6.45) is 7.22. The van der Waals surface area contributed by atoms with Crippen molar-refractivity contribution in [2.75, 3.05) is 0 Å². The summed E-state index contributed by atoms with van der Waals surface area (Å²) in [5.74, 6) is 0. The molecule has 0 saturated heterocycles. The van der Waals surface area contributed by atoms with Crippen LogP contribution in [0.3, 0.4) is 0 Å². The maximum atomic E-state index is 2.39. The van der Waals surface area contributed by atoms with Gasteiger partial charge in [-0.1, -0.05) is 0 Å². The van der Waals surface area contributed by atoms with E-state index in [0.29, 0.717) is 3.12 Å². The van der Waals surface area contributed by atoms with E-state index < -0.39 is 0 Å². The first-order valence-electron chi connectivity index (χ1n) is 4.80. The summed E-state index contributed by atoms with van der Waals surface area (Å²) in [6.45, 7) is 2.26. The van der Waals surface area contributed by atoms with Crippen LogP contribution in [-0.4, -0.2) is 0 Å². The average Bonchev–Trinajstić information content (AvgIpc) is 2.46. The molecule has 0 saturated carbocycles. The first-order valence-corrected chi connectivity index (χ1v) is 6.03. The van der Waals surface area contributed by atoms with Crippen molar-refractivity contribution in [2.45, 2.75) is 22.9 Å². The maximum Gasteiger partial charge on any atom is -0.269 e. The van der Waals surface area contributed by atoms with E-state index in [2.05, 4.69) is 43.3 Å². The monoisotopic (exact) mass is 287 g/mol. The Bertz CT molecular complexity index is 349. The zero-order chi connectivity index (χ0) is 9.31. The van der Waals surface area contributed by atoms with Gasteiger partial charge in [-0.25, -0.2) is 0 Å². The fourth-order valence-electron chi connectivity index (χ4n) is 1.98. The van der Waals surface area contributed by atoms with Gasteiger partial charge in [0, 0.05) is 0 Å². The molecule has 3 heteroatoms. The molecule has 1 aliphatic rings. The summed E-state index contributed by atoms with van der Waals surface area (Å²) in [4.78, 5) is 0. The van der Waals surface area contributed by atoms with Crippen LogP contribution in [0.15, 0.2) is 30.3 Å². The minimum Gasteiger partial charge on any atom is -0.269 e. The molecule has 0 heterocycles. The van der Waals surface area contributed by atoms with Crippen molar-refractivity contribution >= 4 is 6.08 Å². The number of rotatable bonds is 2. The third-order valence-corrected chi connectivity index (χ3v) is 4.32. The molecular formula is C12H15F2Zr. The molecule has 15 heavy (non-hydrogen) atoms. The molecule has 1 aliphatic carbocycles. The summed E-state index contributed by atoms with van der Waals surface area (Å²) < 4.78 is 0.387. The second kappa shape index (κ2) is 5.70. The predicted molar refractivity (Wildman–Crippen MR) is 57.1 cm³/mol. The zero-order valence-electron chi connectivity index (χ0n) is 8.69. The smallest absolute Gasteiger partial charge is 0.269 e. The van der Waals surface area contributed by atoms with Crippen molar-refractivity contribution in [2.24, 2.45) is 0 Å². The normalized spacial score (nSPS) is 21.3. The van der Waals surface area contributed by atoms with Crippen LogP contribution >= 0.6 is 0 Å². The van der Waals surface area contributed by atoms with Crippen LogP contribution in [0.5, 0.6) is 0 Å². The average molecular weight is 288 g/mol. The molecule has 0 nitrogen and oxygen atoms in total. The van der Waals surface area contributed by atoms with Gasteiger partial charge in [0.25, 0.3) is 0 Å². The van der Waals surface area contributed by atoms with Crippen LogP contribution in [0.1, 0.15) is 30.9 Å². The summed E-state index contributed by atoms with van der Waals surface area (Å²) in [6, 6.07) is 8.77. The fourth-order valence-corrected chi connectivity index (χ4v) is 3.36. The molecule has 1 atom stereocenters. The number of fused-ring (bicyclic) bond motifs is 1. The SMILES string of the molecule is CCC[C]1([Zr])C=Cc2ccccc21.F.F. The molecule has 81 valence electrons. The first-order chi connectivity index (χ1) is 6.26. The third kappa shape index (κ3) is 2.63. The van der Waals surface area contributed by atoms with E-state index in [1.165, 1.54) is 24.0 Å². The van der Waals surface area contributed by atoms with E-state index in [9.17, 15) is 0 Å². The summed E-state index contributed by atoms with van der Waals surface area (Å²) in [7, 11) is 0. The third-order valence-electron chi connectivity index (χ3n) is 2.63. The Kier molecular flexibility index (Phi) is 5.58. The number of allylic oxidation sites excluding steroid dienone is 1. The topological polar surface area (TPSA) is 0 Å². The van der Waals surface area contributed by atoms with Crippen LogP contribution in [-0.2, 0) is 27.8 Å². The molecule has 2 rings (SSSR count). The number of hydrogen-bond donors (Lipinski definition) is 0. The predicted octanol–water partition coefficient (Wildman–Crippen LogP) is 3.56. The molecule has 1 unspecified atom stereocenters. The van der Waals surface area contributed by atoms with E-state index >= 15 is 0 Å². The number of benzene rings is 1. The van der Waals surface area contributed by atoms with Gasteiger partial charge in [-0.15, -0.1) is 0 Å². The molecule has 0 fully saturated rings. The van der Waals surface area contributed by atoms with Gasteiger partial charge in [-0.05, 0) is 0 Å². The van der Waals surface area contributed by atoms with E-state index in [4.69, 9.17) is 0 Å². The molecule has 0 amide bonds. The second-order valence-corrected chi connectivity index (χ2v) is 5.84. The van der Waals surface area contributed by atoms with E-state index in [1.54, 1.807) is 24.7 Å². The standard InChI is InChI=1S/C12H13.2FH.Zr/c1-2-5-10-8-9-11-6-3-4-7-12(10)11;;;/h3-4,6-9H,2,5H2,1H3;2*1H;. The van der Waals surface area contributed by atoms with E-state index in [0.717, 1.165) is 0 Å². The minimum atomic E-state index is 0. The maximum absolute atomic E-state index is 2.39. The summed E-state index contributed by atoms with van der Waals surface area (Å²) in [5, 5.41) is 0. The van der Waals surface area contributed by atoms with Gasteiger partial charge >= 0.3 is 95.2 Å². The molecular weight excluding hydrogens is 273 g/mol. The summed E-state index contributed by atoms with van der Waals surface area (Å²) >= 11 is 1.62. The Morgan fingerprint density at radius 1 is 1.20 bits per heavy atom. The Balaban J connectivity index is 0.000000980.